The zero-order chi connectivity index (χ0) is 23.1. The fourth-order valence-electron chi connectivity index (χ4n) is 4.06. The molecule has 3 amide bonds. The molecule has 0 saturated carbocycles. The Balaban J connectivity index is 1.84. The molecule has 1 saturated heterocycles. The molecular weight excluding hydrogens is 390 g/mol. The van der Waals surface area contributed by atoms with Gasteiger partial charge in [-0.2, -0.15) is 0 Å². The smallest absolute Gasteiger partial charge is 0.325 e. The summed E-state index contributed by atoms with van der Waals surface area (Å²) in [4.78, 5) is 39.9. The van der Waals surface area contributed by atoms with Crippen LogP contribution in [-0.4, -0.2) is 33.7 Å². The van der Waals surface area contributed by atoms with Gasteiger partial charge in [-0.1, -0.05) is 51.1 Å². The molecule has 2 heterocycles. The minimum atomic E-state index is -1.20. The summed E-state index contributed by atoms with van der Waals surface area (Å²) < 4.78 is 1.98. The molecule has 6 heteroatoms. The number of ketones is 1. The van der Waals surface area contributed by atoms with E-state index in [1.165, 1.54) is 0 Å². The van der Waals surface area contributed by atoms with Crippen LogP contribution in [0.5, 0.6) is 0 Å². The molecule has 1 aromatic carbocycles. The second kappa shape index (κ2) is 7.84. The van der Waals surface area contributed by atoms with Gasteiger partial charge < -0.3 is 9.88 Å². The van der Waals surface area contributed by atoms with Gasteiger partial charge in [0.1, 0.15) is 5.54 Å². The Labute approximate surface area is 183 Å². The molecule has 0 aliphatic carbocycles. The van der Waals surface area contributed by atoms with Gasteiger partial charge in [0.25, 0.3) is 5.91 Å². The molecule has 0 bridgehead atoms. The van der Waals surface area contributed by atoms with E-state index in [4.69, 9.17) is 0 Å². The lowest BCUT2D eigenvalue weighted by atomic mass is 9.84. The summed E-state index contributed by atoms with van der Waals surface area (Å²) in [6.45, 7) is 15.9. The Morgan fingerprint density at radius 3 is 2.32 bits per heavy atom. The number of carbonyl (C=O) groups excluding carboxylic acids is 3. The van der Waals surface area contributed by atoms with Crippen LogP contribution in [0.15, 0.2) is 43.0 Å². The molecule has 1 N–H and O–H groups in total. The van der Waals surface area contributed by atoms with Gasteiger partial charge in [-0.15, -0.1) is 6.58 Å². The number of hydrogen-bond donors (Lipinski definition) is 1. The van der Waals surface area contributed by atoms with Crippen molar-refractivity contribution in [3.8, 4) is 0 Å². The summed E-state index contributed by atoms with van der Waals surface area (Å²) >= 11 is 0. The fraction of sp³-hybridized carbons (Fsp3) is 0.400. The molecule has 0 radical (unpaired) electrons. The van der Waals surface area contributed by atoms with Gasteiger partial charge in [0, 0.05) is 23.5 Å². The monoisotopic (exact) mass is 421 g/mol. The van der Waals surface area contributed by atoms with E-state index < -0.39 is 17.5 Å². The number of urea groups is 1. The van der Waals surface area contributed by atoms with E-state index in [0.29, 0.717) is 17.7 Å². The maximum absolute atomic E-state index is 13.2. The highest BCUT2D eigenvalue weighted by atomic mass is 16.2. The van der Waals surface area contributed by atoms with E-state index in [0.717, 1.165) is 21.9 Å². The first-order valence-electron chi connectivity index (χ1n) is 10.5. The second-order valence-corrected chi connectivity index (χ2v) is 9.38. The number of carbonyl (C=O) groups is 3. The van der Waals surface area contributed by atoms with Crippen LogP contribution in [0.25, 0.3) is 0 Å². The van der Waals surface area contributed by atoms with Crippen LogP contribution in [0.4, 0.5) is 4.79 Å². The van der Waals surface area contributed by atoms with Crippen molar-refractivity contribution >= 4 is 17.7 Å². The van der Waals surface area contributed by atoms with Crippen molar-refractivity contribution in [2.45, 2.75) is 59.0 Å². The molecule has 0 spiro atoms. The van der Waals surface area contributed by atoms with Gasteiger partial charge in [-0.25, -0.2) is 4.79 Å². The van der Waals surface area contributed by atoms with Gasteiger partial charge in [0.2, 0.25) is 0 Å². The van der Waals surface area contributed by atoms with Crippen LogP contribution in [-0.2, 0) is 22.3 Å². The van der Waals surface area contributed by atoms with Gasteiger partial charge in [0.15, 0.2) is 5.78 Å². The Bertz CT molecular complexity index is 1060. The summed E-state index contributed by atoms with van der Waals surface area (Å²) in [5, 5.41) is 2.78. The summed E-state index contributed by atoms with van der Waals surface area (Å²) in [7, 11) is 0. The molecule has 1 atom stereocenters. The third kappa shape index (κ3) is 3.94. The van der Waals surface area contributed by atoms with Crippen LogP contribution >= 0.6 is 0 Å². The molecule has 1 fully saturated rings. The van der Waals surface area contributed by atoms with E-state index in [-0.39, 0.29) is 17.7 Å². The third-order valence-electron chi connectivity index (χ3n) is 6.09. The van der Waals surface area contributed by atoms with Gasteiger partial charge in [-0.3, -0.25) is 14.5 Å². The standard InChI is InChI=1S/C25H31N3O3/c1-8-13-27-16(2)14-20(17(27)3)21(29)15-28-22(30)25(7,26-23(28)31)19-11-9-18(10-12-19)24(4,5)6/h8-12,14H,1,13,15H2,2-7H3,(H,26,31). The molecule has 2 aromatic rings. The zero-order valence-electron chi connectivity index (χ0n) is 19.2. The van der Waals surface area contributed by atoms with Crippen molar-refractivity contribution in [3.05, 3.63) is 71.1 Å². The highest BCUT2D eigenvalue weighted by Gasteiger charge is 2.49. The molecule has 6 nitrogen and oxygen atoms in total. The number of Topliss-reactive ketones (excluding diaryl/α,β-unsaturated/α-hetero) is 1. The van der Waals surface area contributed by atoms with Crippen molar-refractivity contribution < 1.29 is 14.4 Å². The van der Waals surface area contributed by atoms with Crippen LogP contribution in [0.1, 0.15) is 60.6 Å². The fourth-order valence-corrected chi connectivity index (χ4v) is 4.06. The Morgan fingerprint density at radius 1 is 1.16 bits per heavy atom. The van der Waals surface area contributed by atoms with E-state index >= 15 is 0 Å². The number of allylic oxidation sites excluding steroid dienone is 1. The highest BCUT2D eigenvalue weighted by molar-refractivity contribution is 6.11. The lowest BCUT2D eigenvalue weighted by Gasteiger charge is -2.24. The number of benzene rings is 1. The topological polar surface area (TPSA) is 71.4 Å². The minimum Gasteiger partial charge on any atom is -0.345 e. The Hall–Kier alpha value is -3.15. The SMILES string of the molecule is C=CCn1c(C)cc(C(=O)CN2C(=O)NC(C)(c3ccc(C(C)(C)C)cc3)C2=O)c1C. The van der Waals surface area contributed by atoms with Crippen LogP contribution in [0.3, 0.4) is 0 Å². The predicted octanol–water partition coefficient (Wildman–Crippen LogP) is 4.24. The zero-order valence-corrected chi connectivity index (χ0v) is 19.2. The quantitative estimate of drug-likeness (QED) is 0.431. The number of imide groups is 1. The highest BCUT2D eigenvalue weighted by Crippen LogP contribution is 2.31. The van der Waals surface area contributed by atoms with Crippen LogP contribution < -0.4 is 5.32 Å². The van der Waals surface area contributed by atoms with E-state index in [2.05, 4.69) is 32.7 Å². The minimum absolute atomic E-state index is 0.0151. The first-order chi connectivity index (χ1) is 14.4. The van der Waals surface area contributed by atoms with Gasteiger partial charge in [-0.05, 0) is 43.4 Å². The molecule has 1 unspecified atom stereocenters. The maximum Gasteiger partial charge on any atom is 0.325 e. The number of nitrogens with one attached hydrogen (secondary N) is 1. The number of rotatable bonds is 6. The Kier molecular flexibility index (Phi) is 5.70. The first-order valence-corrected chi connectivity index (χ1v) is 10.5. The maximum atomic E-state index is 13.2. The van der Waals surface area contributed by atoms with Crippen molar-refractivity contribution in [1.29, 1.82) is 0 Å². The molecule has 3 rings (SSSR count). The lowest BCUT2D eigenvalue weighted by Crippen LogP contribution is -2.41. The summed E-state index contributed by atoms with van der Waals surface area (Å²) in [6.07, 6.45) is 1.77. The summed E-state index contributed by atoms with van der Waals surface area (Å²) in [6, 6.07) is 8.93. The van der Waals surface area contributed by atoms with Crippen molar-refractivity contribution in [3.63, 3.8) is 0 Å². The molecule has 1 aliphatic heterocycles. The average Bonchev–Trinajstić information content (AvgIpc) is 3.10. The van der Waals surface area contributed by atoms with Crippen molar-refractivity contribution in [2.24, 2.45) is 0 Å². The molecular formula is C25H31N3O3. The number of amides is 3. The summed E-state index contributed by atoms with van der Waals surface area (Å²) in [5.74, 6) is -0.687. The second-order valence-electron chi connectivity index (χ2n) is 9.38. The van der Waals surface area contributed by atoms with Gasteiger partial charge in [0.05, 0.1) is 6.54 Å². The number of hydrogen-bond acceptors (Lipinski definition) is 3. The predicted molar refractivity (Wildman–Crippen MR) is 121 cm³/mol. The van der Waals surface area contributed by atoms with E-state index in [9.17, 15) is 14.4 Å². The lowest BCUT2D eigenvalue weighted by molar-refractivity contribution is -0.130. The van der Waals surface area contributed by atoms with Crippen molar-refractivity contribution in [2.75, 3.05) is 6.54 Å². The van der Waals surface area contributed by atoms with Gasteiger partial charge >= 0.3 is 6.03 Å². The number of aryl methyl sites for hydroxylation is 1. The Morgan fingerprint density at radius 2 is 1.77 bits per heavy atom. The van der Waals surface area contributed by atoms with E-state index in [1.54, 1.807) is 19.1 Å². The van der Waals surface area contributed by atoms with Crippen molar-refractivity contribution in [1.82, 2.24) is 14.8 Å². The number of aromatic nitrogens is 1. The summed E-state index contributed by atoms with van der Waals surface area (Å²) in [5.41, 5.74) is 2.86. The normalized spacial score (nSPS) is 19.0. The average molecular weight is 422 g/mol. The van der Waals surface area contributed by atoms with E-state index in [1.807, 2.05) is 42.7 Å². The molecule has 1 aliphatic rings. The van der Waals surface area contributed by atoms with Crippen LogP contribution in [0, 0.1) is 13.8 Å². The largest absolute Gasteiger partial charge is 0.345 e. The molecule has 164 valence electrons. The molecule has 31 heavy (non-hydrogen) atoms. The van der Waals surface area contributed by atoms with Crippen LogP contribution in [0.2, 0.25) is 0 Å². The third-order valence-corrected chi connectivity index (χ3v) is 6.09. The molecule has 1 aromatic heterocycles. The first kappa shape index (κ1) is 22.5. The number of nitrogens with zero attached hydrogens (tertiary/aromatic N) is 2.